The fourth-order valence-corrected chi connectivity index (χ4v) is 5.15. The van der Waals surface area contributed by atoms with Gasteiger partial charge in [0.1, 0.15) is 39.0 Å². The number of aromatic nitrogens is 8. The summed E-state index contributed by atoms with van der Waals surface area (Å²) >= 11 is 23.3. The smallest absolute Gasteiger partial charge is 0.190 e. The minimum atomic E-state index is -0.518. The van der Waals surface area contributed by atoms with Crippen molar-refractivity contribution < 1.29 is 13.6 Å². The highest BCUT2D eigenvalue weighted by atomic mass is 35.5. The van der Waals surface area contributed by atoms with E-state index >= 15 is 0 Å². The van der Waals surface area contributed by atoms with E-state index in [0.717, 1.165) is 0 Å². The summed E-state index contributed by atoms with van der Waals surface area (Å²) in [6.07, 6.45) is 2.68. The number of halogens is 6. The number of rotatable bonds is 5. The molecule has 0 radical (unpaired) electrons. The maximum atomic E-state index is 14.2. The van der Waals surface area contributed by atoms with Crippen molar-refractivity contribution in [3.8, 4) is 6.07 Å². The Hall–Kier alpha value is -4.28. The molecule has 2 aromatic carbocycles. The van der Waals surface area contributed by atoms with E-state index in [1.54, 1.807) is 38.1 Å². The van der Waals surface area contributed by atoms with Crippen LogP contribution in [0.1, 0.15) is 60.2 Å². The van der Waals surface area contributed by atoms with Crippen LogP contribution in [-0.4, -0.2) is 45.3 Å². The quantitative estimate of drug-likeness (QED) is 0.168. The summed E-state index contributed by atoms with van der Waals surface area (Å²) in [6.45, 7) is 4.86. The normalized spacial score (nSPS) is 12.4. The first kappa shape index (κ1) is 32.1. The Kier molecular flexibility index (Phi) is 9.27. The second-order valence-electron chi connectivity index (χ2n) is 9.67. The summed E-state index contributed by atoms with van der Waals surface area (Å²) < 4.78 is 31.1. The minimum Gasteiger partial charge on any atom is -0.293 e. The second-order valence-corrected chi connectivity index (χ2v) is 11.3. The number of nitrogens with zero attached hydrogens (tertiary/aromatic N) is 9. The minimum absolute atomic E-state index is 0.111. The van der Waals surface area contributed by atoms with Gasteiger partial charge in [0.25, 0.3) is 0 Å². The van der Waals surface area contributed by atoms with Crippen molar-refractivity contribution >= 4 is 74.5 Å². The molecule has 0 aliphatic heterocycles. The van der Waals surface area contributed by atoms with Crippen LogP contribution in [0.25, 0.3) is 22.3 Å². The van der Waals surface area contributed by atoms with Gasteiger partial charge in [0, 0.05) is 28.1 Å². The molecule has 45 heavy (non-hydrogen) atoms. The lowest BCUT2D eigenvalue weighted by Crippen LogP contribution is -2.11. The molecular formula is C29H19Cl4F2N9O. The molecule has 0 aliphatic rings. The van der Waals surface area contributed by atoms with Crippen LogP contribution < -0.4 is 0 Å². The van der Waals surface area contributed by atoms with Crippen molar-refractivity contribution in [2.75, 3.05) is 0 Å². The molecule has 0 aliphatic carbocycles. The summed E-state index contributed by atoms with van der Waals surface area (Å²) in [4.78, 5) is 28.3. The molecule has 0 N–H and O–H groups in total. The van der Waals surface area contributed by atoms with E-state index in [9.17, 15) is 13.6 Å². The molecule has 6 aromatic rings. The van der Waals surface area contributed by atoms with Gasteiger partial charge in [-0.2, -0.15) is 15.5 Å². The first-order valence-corrected chi connectivity index (χ1v) is 14.5. The summed E-state index contributed by atoms with van der Waals surface area (Å²) in [5, 5.41) is 18.5. The Morgan fingerprint density at radius 1 is 0.800 bits per heavy atom. The fraction of sp³-hybridized carbons (Fsp3) is 0.172. The van der Waals surface area contributed by atoms with Crippen LogP contribution in [0.4, 0.5) is 8.78 Å². The summed E-state index contributed by atoms with van der Waals surface area (Å²) in [7, 11) is 0. The van der Waals surface area contributed by atoms with Gasteiger partial charge in [-0.3, -0.25) is 4.79 Å². The third-order valence-corrected chi connectivity index (χ3v) is 7.58. The van der Waals surface area contributed by atoms with Gasteiger partial charge >= 0.3 is 0 Å². The summed E-state index contributed by atoms with van der Waals surface area (Å²) in [6, 6.07) is 9.69. The number of carbonyl (C=O) groups excluding carboxylic acids is 1. The predicted molar refractivity (Wildman–Crippen MR) is 166 cm³/mol. The van der Waals surface area contributed by atoms with Crippen LogP contribution in [0.15, 0.2) is 48.8 Å². The first-order chi connectivity index (χ1) is 21.4. The summed E-state index contributed by atoms with van der Waals surface area (Å²) in [5.74, 6) is -1.18. The van der Waals surface area contributed by atoms with Gasteiger partial charge in [-0.05, 0) is 38.1 Å². The van der Waals surface area contributed by atoms with Gasteiger partial charge in [0.2, 0.25) is 0 Å². The Balaban J connectivity index is 0.000000178. The molecule has 1 unspecified atom stereocenters. The molecule has 0 spiro atoms. The maximum Gasteiger partial charge on any atom is 0.190 e. The van der Waals surface area contributed by atoms with Crippen LogP contribution >= 0.6 is 46.4 Å². The highest BCUT2D eigenvalue weighted by molar-refractivity contribution is 6.31. The number of benzene rings is 2. The molecule has 10 nitrogen and oxygen atoms in total. The van der Waals surface area contributed by atoms with E-state index < -0.39 is 23.7 Å². The van der Waals surface area contributed by atoms with Gasteiger partial charge in [-0.15, -0.1) is 0 Å². The lowest BCUT2D eigenvalue weighted by atomic mass is 10.1. The third-order valence-electron chi connectivity index (χ3n) is 6.75. The Labute approximate surface area is 274 Å². The number of hydrogen-bond donors (Lipinski definition) is 0. The zero-order chi connectivity index (χ0) is 32.6. The average molecular weight is 689 g/mol. The van der Waals surface area contributed by atoms with E-state index in [2.05, 4.69) is 30.1 Å². The topological polar surface area (TPSA) is 128 Å². The number of fused-ring (bicyclic) bond motifs is 2. The van der Waals surface area contributed by atoms with E-state index in [1.165, 1.54) is 40.8 Å². The molecular weight excluding hydrogens is 670 g/mol. The second kappa shape index (κ2) is 13.0. The zero-order valence-electron chi connectivity index (χ0n) is 23.5. The van der Waals surface area contributed by atoms with Crippen molar-refractivity contribution in [3.05, 3.63) is 103 Å². The van der Waals surface area contributed by atoms with Crippen molar-refractivity contribution in [2.24, 2.45) is 0 Å². The molecule has 0 amide bonds. The zero-order valence-corrected chi connectivity index (χ0v) is 26.5. The van der Waals surface area contributed by atoms with E-state index in [-0.39, 0.29) is 27.5 Å². The molecule has 0 fully saturated rings. The molecule has 4 heterocycles. The van der Waals surface area contributed by atoms with Crippen LogP contribution in [-0.2, 0) is 0 Å². The lowest BCUT2D eigenvalue weighted by Gasteiger charge is -2.14. The van der Waals surface area contributed by atoms with Crippen LogP contribution in [0.2, 0.25) is 20.4 Å². The van der Waals surface area contributed by atoms with Crippen molar-refractivity contribution in [1.82, 2.24) is 39.5 Å². The molecule has 228 valence electrons. The van der Waals surface area contributed by atoms with E-state index in [0.29, 0.717) is 43.5 Å². The molecule has 16 heteroatoms. The number of ketones is 1. The highest BCUT2D eigenvalue weighted by Crippen LogP contribution is 2.29. The number of Topliss-reactive ketones (excluding diaryl/α,β-unsaturated/α-hetero) is 1. The molecule has 0 saturated heterocycles. The fourth-order valence-electron chi connectivity index (χ4n) is 4.57. The van der Waals surface area contributed by atoms with Gasteiger partial charge < -0.3 is 0 Å². The maximum absolute atomic E-state index is 14.2. The van der Waals surface area contributed by atoms with Gasteiger partial charge in [0.05, 0.1) is 24.5 Å². The summed E-state index contributed by atoms with van der Waals surface area (Å²) in [5.41, 5.74) is 2.34. The molecule has 6 rings (SSSR count). The van der Waals surface area contributed by atoms with Crippen molar-refractivity contribution in [1.29, 1.82) is 5.26 Å². The first-order valence-electron chi connectivity index (χ1n) is 13.0. The lowest BCUT2D eigenvalue weighted by molar-refractivity contribution is 0.101. The Morgan fingerprint density at radius 3 is 1.73 bits per heavy atom. The largest absolute Gasteiger partial charge is 0.293 e. The molecule has 0 saturated carbocycles. The van der Waals surface area contributed by atoms with Crippen LogP contribution in [0, 0.1) is 23.0 Å². The number of carbonyl (C=O) groups is 1. The highest BCUT2D eigenvalue weighted by Gasteiger charge is 2.23. The predicted octanol–water partition coefficient (Wildman–Crippen LogP) is 7.84. The van der Waals surface area contributed by atoms with Crippen molar-refractivity contribution in [2.45, 2.75) is 32.9 Å². The average Bonchev–Trinajstić information content (AvgIpc) is 3.55. The van der Waals surface area contributed by atoms with E-state index in [1.807, 2.05) is 6.07 Å². The molecule has 4 aromatic heterocycles. The molecule has 2 atom stereocenters. The van der Waals surface area contributed by atoms with E-state index in [4.69, 9.17) is 51.7 Å². The van der Waals surface area contributed by atoms with Crippen molar-refractivity contribution in [3.63, 3.8) is 0 Å². The van der Waals surface area contributed by atoms with Crippen LogP contribution in [0.3, 0.4) is 0 Å². The SMILES string of the molecule is CC(=O)c1nn(C(C)c2ccc(Cl)cc2F)c2nc(Cl)cnc12.C[C@H](c1ccc(Cl)cc1F)n1nc(C#N)c2ncc(Cl)nc21. The number of nitriles is 1. The van der Waals surface area contributed by atoms with Gasteiger partial charge in [-0.25, -0.2) is 38.1 Å². The number of hydrogen-bond acceptors (Lipinski definition) is 8. The molecule has 0 bridgehead atoms. The monoisotopic (exact) mass is 687 g/mol. The van der Waals surface area contributed by atoms with Gasteiger partial charge in [0.15, 0.2) is 28.5 Å². The third kappa shape index (κ3) is 6.43. The Bertz CT molecular complexity index is 2140. The van der Waals surface area contributed by atoms with Gasteiger partial charge in [-0.1, -0.05) is 58.5 Å². The van der Waals surface area contributed by atoms with Crippen LogP contribution in [0.5, 0.6) is 0 Å². The standard InChI is InChI=1S/C15H11Cl2FN4O.C14H8Cl2FN5/c1-7(10-4-3-9(16)5-11(10)18)22-15-14(13(21-22)8(2)23)19-6-12(17)20-15;1-7(9-3-2-8(15)4-10(9)17)22-14-13(11(5-18)21-22)19-6-12(16)20-14/h3-7H,1-2H3;2-4,6-7H,1H3/t;7-/m.1/s1. The Morgan fingerprint density at radius 2 is 1.27 bits per heavy atom.